The third-order valence-electron chi connectivity index (χ3n) is 6.12. The Hall–Kier alpha value is -4.41. The highest BCUT2D eigenvalue weighted by molar-refractivity contribution is 5.63. The maximum Gasteiger partial charge on any atom is 0.275 e. The van der Waals surface area contributed by atoms with E-state index in [-0.39, 0.29) is 29.4 Å². The number of methoxy groups -OCH3 is 2. The summed E-state index contributed by atoms with van der Waals surface area (Å²) in [7, 11) is 3.00. The minimum absolute atomic E-state index is 0.00879. The minimum atomic E-state index is -0.608. The summed E-state index contributed by atoms with van der Waals surface area (Å²) in [6.07, 6.45) is 5.17. The van der Waals surface area contributed by atoms with Gasteiger partial charge in [-0.2, -0.15) is 4.98 Å². The van der Waals surface area contributed by atoms with Crippen molar-refractivity contribution in [3.63, 3.8) is 0 Å². The zero-order valence-corrected chi connectivity index (χ0v) is 19.9. The monoisotopic (exact) mass is 491 g/mol. The molecule has 1 fully saturated rings. The fourth-order valence-corrected chi connectivity index (χ4v) is 4.09. The van der Waals surface area contributed by atoms with Crippen molar-refractivity contribution in [2.75, 3.05) is 14.2 Å². The lowest BCUT2D eigenvalue weighted by molar-refractivity contribution is 0.388. The molecule has 0 aliphatic heterocycles. The Kier molecular flexibility index (Phi) is 6.28. The number of para-hydroxylation sites is 1. The second kappa shape index (κ2) is 9.68. The normalized spacial score (nSPS) is 13.1. The van der Waals surface area contributed by atoms with E-state index in [2.05, 4.69) is 15.2 Å². The van der Waals surface area contributed by atoms with Gasteiger partial charge in [-0.25, -0.2) is 0 Å². The Morgan fingerprint density at radius 1 is 1.06 bits per heavy atom. The molecule has 1 aliphatic carbocycles. The Morgan fingerprint density at radius 2 is 1.81 bits per heavy atom. The molecule has 5 rings (SSSR count). The molecule has 1 aliphatic rings. The highest BCUT2D eigenvalue weighted by Gasteiger charge is 2.28. The quantitative estimate of drug-likeness (QED) is 0.375. The van der Waals surface area contributed by atoms with Crippen molar-refractivity contribution in [2.45, 2.75) is 32.2 Å². The predicted octanol–water partition coefficient (Wildman–Crippen LogP) is 2.56. The second-order valence-electron chi connectivity index (χ2n) is 8.53. The summed E-state index contributed by atoms with van der Waals surface area (Å²) in [5.74, 6) is 1.12. The summed E-state index contributed by atoms with van der Waals surface area (Å²) in [5, 5.41) is 18.7. The van der Waals surface area contributed by atoms with Crippen LogP contribution in [0.5, 0.6) is 17.4 Å². The van der Waals surface area contributed by atoms with Crippen LogP contribution < -0.4 is 20.6 Å². The molecule has 3 aromatic heterocycles. The van der Waals surface area contributed by atoms with Crippen molar-refractivity contribution in [2.24, 2.45) is 5.92 Å². The first-order chi connectivity index (χ1) is 17.5. The van der Waals surface area contributed by atoms with E-state index in [0.717, 1.165) is 19.3 Å². The average Bonchev–Trinajstić information content (AvgIpc) is 3.61. The second-order valence-corrected chi connectivity index (χ2v) is 8.53. The molecule has 0 atom stereocenters. The Bertz CT molecular complexity index is 1500. The van der Waals surface area contributed by atoms with E-state index < -0.39 is 11.4 Å². The summed E-state index contributed by atoms with van der Waals surface area (Å²) in [5.41, 5.74) is -0.740. The Morgan fingerprint density at radius 3 is 2.47 bits per heavy atom. The summed E-state index contributed by atoms with van der Waals surface area (Å²) >= 11 is 0. The van der Waals surface area contributed by atoms with Crippen molar-refractivity contribution < 1.29 is 19.0 Å². The summed E-state index contributed by atoms with van der Waals surface area (Å²) < 4.78 is 19.5. The fourth-order valence-electron chi connectivity index (χ4n) is 4.09. The standard InChI is InChI=1S/C25H25N5O6/c1-34-16-6-5-7-17(35-2)22(16)30-18(12-11-15-9-10-15)26-23(32)21(25(30)33)24-28-27-19(36-24)14-29-13-4-3-8-20(29)31/h3-8,13,15,32H,9-12,14H2,1-2H3. The number of nitrogens with zero attached hydrogens (tertiary/aromatic N) is 5. The molecule has 0 bridgehead atoms. The number of aryl methyl sites for hydroxylation is 1. The zero-order valence-electron chi connectivity index (χ0n) is 19.9. The van der Waals surface area contributed by atoms with Gasteiger partial charge in [-0.05, 0) is 30.5 Å². The first-order valence-corrected chi connectivity index (χ1v) is 11.5. The first-order valence-electron chi connectivity index (χ1n) is 11.5. The van der Waals surface area contributed by atoms with Gasteiger partial charge in [0.25, 0.3) is 17.0 Å². The van der Waals surface area contributed by atoms with Crippen molar-refractivity contribution >= 4 is 0 Å². The third kappa shape index (κ3) is 4.47. The molecule has 186 valence electrons. The lowest BCUT2D eigenvalue weighted by Crippen LogP contribution is -2.26. The van der Waals surface area contributed by atoms with Gasteiger partial charge in [-0.1, -0.05) is 25.0 Å². The molecule has 11 heteroatoms. The molecule has 4 aromatic rings. The molecule has 36 heavy (non-hydrogen) atoms. The van der Waals surface area contributed by atoms with E-state index in [1.807, 2.05) is 0 Å². The summed E-state index contributed by atoms with van der Waals surface area (Å²) in [4.78, 5) is 30.3. The van der Waals surface area contributed by atoms with Crippen LogP contribution in [0, 0.1) is 5.92 Å². The number of hydrogen-bond acceptors (Lipinski definition) is 9. The van der Waals surface area contributed by atoms with Gasteiger partial charge in [0.1, 0.15) is 29.6 Å². The predicted molar refractivity (Wildman–Crippen MR) is 129 cm³/mol. The number of aromatic hydroxyl groups is 1. The highest BCUT2D eigenvalue weighted by atomic mass is 16.5. The molecule has 0 spiro atoms. The van der Waals surface area contributed by atoms with Crippen LogP contribution in [0.1, 0.15) is 31.0 Å². The van der Waals surface area contributed by atoms with E-state index in [9.17, 15) is 14.7 Å². The van der Waals surface area contributed by atoms with Gasteiger partial charge >= 0.3 is 0 Å². The molecular formula is C25H25N5O6. The molecule has 3 heterocycles. The first kappa shape index (κ1) is 23.3. The van der Waals surface area contributed by atoms with Crippen LogP contribution in [-0.4, -0.2) is 43.6 Å². The van der Waals surface area contributed by atoms with E-state index in [1.54, 1.807) is 36.5 Å². The Labute approximate surface area is 205 Å². The van der Waals surface area contributed by atoms with Gasteiger partial charge in [0.05, 0.1) is 14.2 Å². The molecule has 0 amide bonds. The van der Waals surface area contributed by atoms with E-state index in [4.69, 9.17) is 13.9 Å². The van der Waals surface area contributed by atoms with E-state index in [1.165, 1.54) is 29.4 Å². The molecule has 1 N–H and O–H groups in total. The van der Waals surface area contributed by atoms with Crippen molar-refractivity contribution in [3.8, 4) is 34.5 Å². The zero-order chi connectivity index (χ0) is 25.2. The van der Waals surface area contributed by atoms with Crippen molar-refractivity contribution in [1.82, 2.24) is 24.3 Å². The molecule has 0 saturated heterocycles. The lowest BCUT2D eigenvalue weighted by atomic mass is 10.1. The van der Waals surface area contributed by atoms with Gasteiger partial charge in [0.2, 0.25) is 11.8 Å². The van der Waals surface area contributed by atoms with Crippen LogP contribution in [0.4, 0.5) is 0 Å². The Balaban J connectivity index is 1.64. The summed E-state index contributed by atoms with van der Waals surface area (Å²) in [6, 6.07) is 9.91. The maximum atomic E-state index is 13.9. The van der Waals surface area contributed by atoms with Gasteiger partial charge in [-0.3, -0.25) is 14.2 Å². The van der Waals surface area contributed by atoms with E-state index in [0.29, 0.717) is 35.3 Å². The number of hydrogen-bond donors (Lipinski definition) is 1. The molecule has 1 saturated carbocycles. The lowest BCUT2D eigenvalue weighted by Gasteiger charge is -2.18. The van der Waals surface area contributed by atoms with Crippen LogP contribution in [0.2, 0.25) is 0 Å². The minimum Gasteiger partial charge on any atom is -0.494 e. The van der Waals surface area contributed by atoms with Crippen LogP contribution >= 0.6 is 0 Å². The van der Waals surface area contributed by atoms with Crippen molar-refractivity contribution in [1.29, 1.82) is 0 Å². The topological polar surface area (TPSA) is 134 Å². The number of ether oxygens (including phenoxy) is 2. The number of aromatic nitrogens is 5. The molecular weight excluding hydrogens is 466 g/mol. The highest BCUT2D eigenvalue weighted by Crippen LogP contribution is 2.36. The number of pyridine rings is 1. The molecule has 0 radical (unpaired) electrons. The average molecular weight is 492 g/mol. The fraction of sp³-hybridized carbons (Fsp3) is 0.320. The van der Waals surface area contributed by atoms with Gasteiger partial charge in [0, 0.05) is 18.7 Å². The number of benzene rings is 1. The largest absolute Gasteiger partial charge is 0.494 e. The summed E-state index contributed by atoms with van der Waals surface area (Å²) in [6.45, 7) is 0.00879. The smallest absolute Gasteiger partial charge is 0.275 e. The van der Waals surface area contributed by atoms with Crippen LogP contribution in [-0.2, 0) is 13.0 Å². The SMILES string of the molecule is COc1cccc(OC)c1-n1c(CCC2CC2)nc(O)c(-c2nnc(Cn3ccccc3=O)o2)c1=O. The van der Waals surface area contributed by atoms with Gasteiger partial charge < -0.3 is 23.6 Å². The molecule has 1 aromatic carbocycles. The van der Waals surface area contributed by atoms with Crippen LogP contribution in [0.15, 0.2) is 56.6 Å². The van der Waals surface area contributed by atoms with Gasteiger partial charge in [-0.15, -0.1) is 10.2 Å². The van der Waals surface area contributed by atoms with Crippen LogP contribution in [0.3, 0.4) is 0 Å². The van der Waals surface area contributed by atoms with Crippen LogP contribution in [0.25, 0.3) is 17.1 Å². The van der Waals surface area contributed by atoms with Gasteiger partial charge in [0.15, 0.2) is 5.56 Å². The number of rotatable bonds is 9. The molecule has 11 nitrogen and oxygen atoms in total. The van der Waals surface area contributed by atoms with Crippen molar-refractivity contribution in [3.05, 3.63) is 75.0 Å². The maximum absolute atomic E-state index is 13.9. The third-order valence-corrected chi connectivity index (χ3v) is 6.12. The van der Waals surface area contributed by atoms with E-state index >= 15 is 0 Å². The molecule has 0 unspecified atom stereocenters.